The lowest BCUT2D eigenvalue weighted by Crippen LogP contribution is -2.29. The number of hydrogen-bond donors (Lipinski definition) is 3. The lowest BCUT2D eigenvalue weighted by atomic mass is 10.2. The van der Waals surface area contributed by atoms with Crippen LogP contribution in [0, 0.1) is 20.8 Å². The number of para-hydroxylation sites is 1. The van der Waals surface area contributed by atoms with Gasteiger partial charge < -0.3 is 10.1 Å². The molecule has 0 bridgehead atoms. The van der Waals surface area contributed by atoms with Crippen LogP contribution in [-0.4, -0.2) is 37.3 Å². The monoisotopic (exact) mass is 474 g/mol. The normalized spacial score (nSPS) is 11.1. The van der Waals surface area contributed by atoms with Gasteiger partial charge >= 0.3 is 5.97 Å². The van der Waals surface area contributed by atoms with E-state index in [-0.39, 0.29) is 4.24 Å². The Kier molecular flexibility index (Phi) is 11.5. The first-order chi connectivity index (χ1) is 15.1. The zero-order chi connectivity index (χ0) is 24.1. The van der Waals surface area contributed by atoms with Gasteiger partial charge in [-0.2, -0.15) is 4.72 Å². The fourth-order valence-electron chi connectivity index (χ4n) is 2.44. The molecule has 0 aliphatic rings. The van der Waals surface area contributed by atoms with E-state index >= 15 is 0 Å². The number of rotatable bonds is 6. The van der Waals surface area contributed by atoms with Crippen LogP contribution < -0.4 is 4.72 Å². The molecule has 8 heteroatoms. The zero-order valence-corrected chi connectivity index (χ0v) is 20.4. The molecule has 0 aliphatic heterocycles. The molecule has 0 unspecified atom stereocenters. The first-order valence-corrected chi connectivity index (χ1v) is 12.5. The molecule has 0 saturated carbocycles. The molecule has 0 saturated heterocycles. The summed E-state index contributed by atoms with van der Waals surface area (Å²) in [6.07, 6.45) is 6.24. The second-order valence-corrected chi connectivity index (χ2v) is 9.66. The Labute approximate surface area is 194 Å². The van der Waals surface area contributed by atoms with Crippen LogP contribution >= 0.6 is 11.8 Å². The molecule has 1 aromatic heterocycles. The number of fused-ring (bicyclic) bond motifs is 1. The molecule has 0 spiro atoms. The Balaban J connectivity index is 0.000000249. The number of carboxylic acid groups (broad SMARTS) is 1. The van der Waals surface area contributed by atoms with Crippen molar-refractivity contribution in [2.45, 2.75) is 20.8 Å². The molecule has 172 valence electrons. The van der Waals surface area contributed by atoms with Crippen molar-refractivity contribution in [2.75, 3.05) is 12.8 Å². The van der Waals surface area contributed by atoms with Gasteiger partial charge in [-0.25, -0.2) is 8.42 Å². The molecular weight excluding hydrogens is 444 g/mol. The number of nitrogens with one attached hydrogen (secondary N) is 2. The van der Waals surface area contributed by atoms with Crippen LogP contribution in [0.1, 0.15) is 16.7 Å². The van der Waals surface area contributed by atoms with Crippen molar-refractivity contribution in [1.29, 1.82) is 0 Å². The number of thioether (sulfide) groups is 1. The lowest BCUT2D eigenvalue weighted by Gasteiger charge is -2.05. The Morgan fingerprint density at radius 2 is 1.66 bits per heavy atom. The number of carbonyl (C=O) groups is 1. The molecule has 0 atom stereocenters. The number of allylic oxidation sites excluding steroid dienone is 2. The molecule has 3 rings (SSSR count). The highest BCUT2D eigenvalue weighted by Crippen LogP contribution is 2.17. The van der Waals surface area contributed by atoms with Crippen LogP contribution in [0.15, 0.2) is 77.7 Å². The average Bonchev–Trinajstić information content (AvgIpc) is 3.15. The molecule has 1 heterocycles. The SMILES string of the molecule is C=C/C=C(\SC)S(=O)(=O)NCC(=O)O.Cc1c[nH]c2ccccc12.Cc1ccc(C)cc1. The van der Waals surface area contributed by atoms with Crippen LogP contribution in [0.5, 0.6) is 0 Å². The average molecular weight is 475 g/mol. The van der Waals surface area contributed by atoms with E-state index in [1.807, 2.05) is 17.0 Å². The minimum atomic E-state index is -3.71. The fraction of sp³-hybridized carbons (Fsp3) is 0.208. The quantitative estimate of drug-likeness (QED) is 0.429. The van der Waals surface area contributed by atoms with Gasteiger partial charge in [0.1, 0.15) is 10.8 Å². The molecule has 2 aromatic carbocycles. The van der Waals surface area contributed by atoms with Crippen LogP contribution in [0.4, 0.5) is 0 Å². The number of sulfonamides is 1. The van der Waals surface area contributed by atoms with Crippen molar-refractivity contribution in [3.8, 4) is 0 Å². The zero-order valence-electron chi connectivity index (χ0n) is 18.8. The van der Waals surface area contributed by atoms with Gasteiger partial charge in [0.15, 0.2) is 0 Å². The van der Waals surface area contributed by atoms with Crippen molar-refractivity contribution in [2.24, 2.45) is 0 Å². The lowest BCUT2D eigenvalue weighted by molar-refractivity contribution is -0.135. The van der Waals surface area contributed by atoms with E-state index in [2.05, 4.69) is 74.8 Å². The van der Waals surface area contributed by atoms with Crippen molar-refractivity contribution in [3.63, 3.8) is 0 Å². The summed E-state index contributed by atoms with van der Waals surface area (Å²) in [5.41, 5.74) is 5.20. The summed E-state index contributed by atoms with van der Waals surface area (Å²) in [5, 5.41) is 9.61. The molecule has 0 amide bonds. The minimum absolute atomic E-state index is 0.0359. The maximum Gasteiger partial charge on any atom is 0.318 e. The summed E-state index contributed by atoms with van der Waals surface area (Å²) >= 11 is 1.000. The number of aryl methyl sites for hydroxylation is 3. The molecule has 0 aliphatic carbocycles. The first-order valence-electron chi connectivity index (χ1n) is 9.75. The van der Waals surface area contributed by atoms with Crippen molar-refractivity contribution in [3.05, 3.63) is 94.4 Å². The van der Waals surface area contributed by atoms with E-state index in [4.69, 9.17) is 5.11 Å². The van der Waals surface area contributed by atoms with Crippen molar-refractivity contribution >= 4 is 38.7 Å². The van der Waals surface area contributed by atoms with Crippen molar-refractivity contribution in [1.82, 2.24) is 9.71 Å². The number of H-pyrrole nitrogens is 1. The summed E-state index contributed by atoms with van der Waals surface area (Å²) in [7, 11) is -3.71. The second kappa shape index (κ2) is 13.6. The highest BCUT2D eigenvalue weighted by Gasteiger charge is 2.16. The Morgan fingerprint density at radius 1 is 1.09 bits per heavy atom. The number of aromatic amines is 1. The van der Waals surface area contributed by atoms with Crippen molar-refractivity contribution < 1.29 is 18.3 Å². The summed E-state index contributed by atoms with van der Waals surface area (Å²) in [6, 6.07) is 16.8. The van der Waals surface area contributed by atoms with Gasteiger partial charge in [-0.15, -0.1) is 11.8 Å². The Bertz CT molecular complexity index is 1130. The van der Waals surface area contributed by atoms with Gasteiger partial charge in [-0.1, -0.05) is 66.2 Å². The maximum absolute atomic E-state index is 11.3. The van der Waals surface area contributed by atoms with E-state index < -0.39 is 22.5 Å². The summed E-state index contributed by atoms with van der Waals surface area (Å²) in [4.78, 5) is 13.3. The topological polar surface area (TPSA) is 99.3 Å². The standard InChI is InChI=1S/C9H9N.C8H10.C7H11NO4S2/c1-7-6-10-9-5-3-2-4-8(7)9;1-7-3-5-8(2)6-4-7;1-3-4-7(13-2)14(11,12)8-5-6(9)10/h2-6,10H,1H3;3-6H,1-2H3;3-4,8H,1,5H2,2H3,(H,9,10)/b;;7-4+. The van der Waals surface area contributed by atoms with E-state index in [9.17, 15) is 13.2 Å². The second-order valence-electron chi connectivity index (χ2n) is 6.82. The smallest absolute Gasteiger partial charge is 0.318 e. The first kappa shape index (κ1) is 27.2. The predicted octanol–water partition coefficient (Wildman–Crippen LogP) is 5.16. The summed E-state index contributed by atoms with van der Waals surface area (Å²) in [5.74, 6) is -1.23. The molecule has 0 fully saturated rings. The predicted molar refractivity (Wildman–Crippen MR) is 135 cm³/mol. The maximum atomic E-state index is 11.3. The van der Waals surface area contributed by atoms with Gasteiger partial charge in [0.05, 0.1) is 0 Å². The fourth-order valence-corrected chi connectivity index (χ4v) is 4.46. The third kappa shape index (κ3) is 9.55. The van der Waals surface area contributed by atoms with E-state index in [0.29, 0.717) is 0 Å². The molecular formula is C24H30N2O4S2. The number of aromatic nitrogens is 1. The summed E-state index contributed by atoms with van der Waals surface area (Å²) < 4.78 is 24.7. The molecule has 32 heavy (non-hydrogen) atoms. The Hall–Kier alpha value is -2.81. The molecule has 3 N–H and O–H groups in total. The number of carboxylic acids is 1. The largest absolute Gasteiger partial charge is 0.480 e. The highest BCUT2D eigenvalue weighted by atomic mass is 32.3. The van der Waals surface area contributed by atoms with Gasteiger partial charge in [0.25, 0.3) is 0 Å². The van der Waals surface area contributed by atoms with Crippen LogP contribution in [0.2, 0.25) is 0 Å². The van der Waals surface area contributed by atoms with E-state index in [0.717, 1.165) is 11.8 Å². The van der Waals surface area contributed by atoms with E-state index in [1.165, 1.54) is 39.7 Å². The molecule has 6 nitrogen and oxygen atoms in total. The number of hydrogen-bond acceptors (Lipinski definition) is 4. The van der Waals surface area contributed by atoms with Crippen LogP contribution in [-0.2, 0) is 14.8 Å². The van der Waals surface area contributed by atoms with Gasteiger partial charge in [0, 0.05) is 17.1 Å². The van der Waals surface area contributed by atoms with Gasteiger partial charge in [-0.05, 0) is 44.7 Å². The van der Waals surface area contributed by atoms with Crippen LogP contribution in [0.3, 0.4) is 0 Å². The third-order valence-electron chi connectivity index (χ3n) is 4.15. The summed E-state index contributed by atoms with van der Waals surface area (Å²) in [6.45, 7) is 9.03. The van der Waals surface area contributed by atoms with Gasteiger partial charge in [0.2, 0.25) is 10.0 Å². The third-order valence-corrected chi connectivity index (χ3v) is 7.03. The molecule has 0 radical (unpaired) electrons. The molecule has 3 aromatic rings. The van der Waals surface area contributed by atoms with Crippen LogP contribution in [0.25, 0.3) is 10.9 Å². The van der Waals surface area contributed by atoms with E-state index in [1.54, 1.807) is 6.26 Å². The Morgan fingerprint density at radius 3 is 2.12 bits per heavy atom. The number of benzene rings is 2. The highest BCUT2D eigenvalue weighted by molar-refractivity contribution is 8.17. The minimum Gasteiger partial charge on any atom is -0.480 e. The number of aliphatic carboxylic acids is 1. The van der Waals surface area contributed by atoms with Gasteiger partial charge in [-0.3, -0.25) is 4.79 Å².